The van der Waals surface area contributed by atoms with Crippen LogP contribution in [0.25, 0.3) is 0 Å². The van der Waals surface area contributed by atoms with Gasteiger partial charge in [-0.15, -0.1) is 0 Å². The van der Waals surface area contributed by atoms with Crippen molar-refractivity contribution in [1.29, 1.82) is 0 Å². The lowest BCUT2D eigenvalue weighted by molar-refractivity contribution is 0.0420. The summed E-state index contributed by atoms with van der Waals surface area (Å²) in [5.74, 6) is -1.71. The largest absolute Gasteiger partial charge is 0.460 e. The van der Waals surface area contributed by atoms with Crippen LogP contribution in [0.2, 0.25) is 5.02 Å². The lowest BCUT2D eigenvalue weighted by atomic mass is 10.1. The smallest absolute Gasteiger partial charge is 0.338 e. The molecule has 28 heavy (non-hydrogen) atoms. The summed E-state index contributed by atoms with van der Waals surface area (Å²) in [4.78, 5) is 37.5. The van der Waals surface area contributed by atoms with E-state index in [-0.39, 0.29) is 28.6 Å². The van der Waals surface area contributed by atoms with E-state index < -0.39 is 27.8 Å². The molecule has 1 aliphatic rings. The van der Waals surface area contributed by atoms with Crippen molar-refractivity contribution in [3.8, 4) is 0 Å². The fraction of sp³-hybridized carbons (Fsp3) is 0.167. The number of amides is 2. The van der Waals surface area contributed by atoms with Gasteiger partial charge in [0.1, 0.15) is 11.5 Å². The molecule has 8 nitrogen and oxygen atoms in total. The van der Waals surface area contributed by atoms with Crippen LogP contribution in [-0.2, 0) is 14.8 Å². The van der Waals surface area contributed by atoms with E-state index in [1.165, 1.54) is 19.2 Å². The Balaban J connectivity index is 1.67. The number of carbonyl (C=O) groups is 3. The number of carbonyl (C=O) groups excluding carboxylic acids is 3. The van der Waals surface area contributed by atoms with Gasteiger partial charge in [-0.2, -0.15) is 0 Å². The fourth-order valence-electron chi connectivity index (χ4n) is 2.70. The van der Waals surface area contributed by atoms with Gasteiger partial charge in [-0.25, -0.2) is 17.9 Å². The zero-order valence-electron chi connectivity index (χ0n) is 14.6. The van der Waals surface area contributed by atoms with Crippen LogP contribution >= 0.6 is 11.6 Å². The van der Waals surface area contributed by atoms with Gasteiger partial charge in [0.05, 0.1) is 28.3 Å². The molecule has 0 spiro atoms. The number of hydrogen-bond acceptors (Lipinski definition) is 6. The molecule has 0 unspecified atom stereocenters. The molecule has 0 bridgehead atoms. The van der Waals surface area contributed by atoms with Gasteiger partial charge < -0.3 is 4.74 Å². The van der Waals surface area contributed by atoms with Gasteiger partial charge in [-0.05, 0) is 37.4 Å². The molecule has 3 rings (SSSR count). The summed E-state index contributed by atoms with van der Waals surface area (Å²) in [6.07, 6.45) is 0. The number of rotatable bonds is 6. The third-order valence-corrected chi connectivity index (χ3v) is 6.05. The maximum atomic E-state index is 12.3. The first-order valence-electron chi connectivity index (χ1n) is 8.11. The molecule has 146 valence electrons. The first-order valence-corrected chi connectivity index (χ1v) is 9.98. The minimum absolute atomic E-state index is 0.0272. The topological polar surface area (TPSA) is 110 Å². The zero-order chi connectivity index (χ0) is 20.5. The number of imide groups is 1. The Morgan fingerprint density at radius 3 is 2.29 bits per heavy atom. The number of nitrogens with zero attached hydrogens (tertiary/aromatic N) is 1. The van der Waals surface area contributed by atoms with Crippen LogP contribution in [0.3, 0.4) is 0 Å². The van der Waals surface area contributed by atoms with Gasteiger partial charge in [0.25, 0.3) is 11.8 Å². The van der Waals surface area contributed by atoms with E-state index in [9.17, 15) is 22.8 Å². The van der Waals surface area contributed by atoms with Crippen molar-refractivity contribution in [2.24, 2.45) is 0 Å². The summed E-state index contributed by atoms with van der Waals surface area (Å²) >= 11 is 5.88. The summed E-state index contributed by atoms with van der Waals surface area (Å²) in [6.45, 7) is -0.353. The lowest BCUT2D eigenvalue weighted by Crippen LogP contribution is -2.33. The van der Waals surface area contributed by atoms with Crippen molar-refractivity contribution in [2.75, 3.05) is 20.2 Å². The van der Waals surface area contributed by atoms with Crippen molar-refractivity contribution >= 4 is 39.4 Å². The molecule has 0 radical (unpaired) electrons. The SMILES string of the molecule is CNS(=O)(=O)c1cc(C(=O)OCCN2C(=O)c3ccccc3C2=O)ccc1Cl. The third kappa shape index (κ3) is 3.64. The highest BCUT2D eigenvalue weighted by atomic mass is 35.5. The lowest BCUT2D eigenvalue weighted by Gasteiger charge is -2.14. The Labute approximate surface area is 166 Å². The van der Waals surface area contributed by atoms with Gasteiger partial charge in [0.2, 0.25) is 10.0 Å². The highest BCUT2D eigenvalue weighted by molar-refractivity contribution is 7.89. The predicted molar refractivity (Wildman–Crippen MR) is 99.8 cm³/mol. The minimum atomic E-state index is -3.85. The average molecular weight is 423 g/mol. The molecule has 0 fully saturated rings. The quantitative estimate of drug-likeness (QED) is 0.560. The van der Waals surface area contributed by atoms with Crippen LogP contribution < -0.4 is 4.72 Å². The van der Waals surface area contributed by atoms with Crippen LogP contribution in [0.15, 0.2) is 47.4 Å². The molecule has 1 N–H and O–H groups in total. The first kappa shape index (κ1) is 20.0. The van der Waals surface area contributed by atoms with Gasteiger partial charge in [0, 0.05) is 0 Å². The molecule has 0 aromatic heterocycles. The zero-order valence-corrected chi connectivity index (χ0v) is 16.2. The van der Waals surface area contributed by atoms with E-state index in [1.54, 1.807) is 24.3 Å². The number of halogens is 1. The summed E-state index contributed by atoms with van der Waals surface area (Å²) in [6, 6.07) is 10.1. The number of nitrogens with one attached hydrogen (secondary N) is 1. The van der Waals surface area contributed by atoms with E-state index in [0.717, 1.165) is 11.0 Å². The summed E-state index contributed by atoms with van der Waals surface area (Å²) in [7, 11) is -2.63. The maximum absolute atomic E-state index is 12.3. The van der Waals surface area contributed by atoms with Crippen LogP contribution in [0.4, 0.5) is 0 Å². The predicted octanol–water partition coefficient (Wildman–Crippen LogP) is 1.70. The Morgan fingerprint density at radius 1 is 1.11 bits per heavy atom. The maximum Gasteiger partial charge on any atom is 0.338 e. The van der Waals surface area contributed by atoms with Gasteiger partial charge >= 0.3 is 5.97 Å². The summed E-state index contributed by atoms with van der Waals surface area (Å²) in [5.41, 5.74) is 0.581. The molecule has 2 aromatic rings. The molecule has 0 aliphatic carbocycles. The monoisotopic (exact) mass is 422 g/mol. The molecular weight excluding hydrogens is 408 g/mol. The highest BCUT2D eigenvalue weighted by Gasteiger charge is 2.34. The molecule has 1 aliphatic heterocycles. The van der Waals surface area contributed by atoms with Crippen LogP contribution in [0, 0.1) is 0 Å². The van der Waals surface area contributed by atoms with Gasteiger partial charge in [0.15, 0.2) is 0 Å². The van der Waals surface area contributed by atoms with Crippen molar-refractivity contribution < 1.29 is 27.5 Å². The number of esters is 1. The van der Waals surface area contributed by atoms with Crippen LogP contribution in [0.5, 0.6) is 0 Å². The number of fused-ring (bicyclic) bond motifs is 1. The molecule has 1 heterocycles. The number of benzene rings is 2. The number of sulfonamides is 1. The molecule has 0 atom stereocenters. The number of ether oxygens (including phenoxy) is 1. The Hall–Kier alpha value is -2.75. The van der Waals surface area contributed by atoms with E-state index >= 15 is 0 Å². The minimum Gasteiger partial charge on any atom is -0.460 e. The Kier molecular flexibility index (Phi) is 5.50. The average Bonchev–Trinajstić information content (AvgIpc) is 2.93. The van der Waals surface area contributed by atoms with Gasteiger partial charge in [-0.1, -0.05) is 23.7 Å². The van der Waals surface area contributed by atoms with E-state index in [1.807, 2.05) is 0 Å². The molecular formula is C18H15ClN2O6S. The van der Waals surface area contributed by atoms with Gasteiger partial charge in [-0.3, -0.25) is 14.5 Å². The second-order valence-electron chi connectivity index (χ2n) is 5.80. The summed E-state index contributed by atoms with van der Waals surface area (Å²) < 4.78 is 31.1. The third-order valence-electron chi connectivity index (χ3n) is 4.15. The molecule has 0 saturated heterocycles. The van der Waals surface area contributed by atoms with E-state index in [0.29, 0.717) is 11.1 Å². The fourth-order valence-corrected chi connectivity index (χ4v) is 3.95. The molecule has 2 amide bonds. The molecule has 0 saturated carbocycles. The normalized spacial score (nSPS) is 13.6. The second kappa shape index (κ2) is 7.70. The van der Waals surface area contributed by atoms with Crippen molar-refractivity contribution in [2.45, 2.75) is 4.90 Å². The molecule has 10 heteroatoms. The molecule has 2 aromatic carbocycles. The summed E-state index contributed by atoms with van der Waals surface area (Å²) in [5, 5.41) is -0.0445. The van der Waals surface area contributed by atoms with E-state index in [2.05, 4.69) is 4.72 Å². The van der Waals surface area contributed by atoms with Crippen molar-refractivity contribution in [1.82, 2.24) is 9.62 Å². The van der Waals surface area contributed by atoms with E-state index in [4.69, 9.17) is 16.3 Å². The Morgan fingerprint density at radius 2 is 1.71 bits per heavy atom. The second-order valence-corrected chi connectivity index (χ2v) is 8.06. The van der Waals surface area contributed by atoms with Crippen molar-refractivity contribution in [3.05, 3.63) is 64.2 Å². The standard InChI is InChI=1S/C18H15ClN2O6S/c1-20-28(25,26)15-10-11(6-7-14(15)19)18(24)27-9-8-21-16(22)12-4-2-3-5-13(12)17(21)23/h2-7,10,20H,8-9H2,1H3. The Bertz CT molecular complexity index is 1050. The van der Waals surface area contributed by atoms with Crippen LogP contribution in [-0.4, -0.2) is 51.3 Å². The highest BCUT2D eigenvalue weighted by Crippen LogP contribution is 2.24. The number of hydrogen-bond donors (Lipinski definition) is 1. The van der Waals surface area contributed by atoms with Crippen molar-refractivity contribution in [3.63, 3.8) is 0 Å². The first-order chi connectivity index (χ1) is 13.3. The van der Waals surface area contributed by atoms with Crippen LogP contribution in [0.1, 0.15) is 31.1 Å².